The molecule has 1 aromatic carbocycles. The van der Waals surface area contributed by atoms with Crippen LogP contribution in [0.15, 0.2) is 23.1 Å². The van der Waals surface area contributed by atoms with Crippen LogP contribution in [0.2, 0.25) is 0 Å². The summed E-state index contributed by atoms with van der Waals surface area (Å²) in [5.41, 5.74) is -0.273. The van der Waals surface area contributed by atoms with E-state index in [1.807, 2.05) is 0 Å². The largest absolute Gasteiger partial charge is 0.465 e. The van der Waals surface area contributed by atoms with Crippen molar-refractivity contribution in [3.05, 3.63) is 40.1 Å². The Kier molecular flexibility index (Phi) is 2.40. The van der Waals surface area contributed by atoms with Gasteiger partial charge >= 0.3 is 5.97 Å². The van der Waals surface area contributed by atoms with Crippen LogP contribution in [0, 0.1) is 5.82 Å². The predicted octanol–water partition coefficient (Wildman–Crippen LogP) is 0.849. The number of nitrogens with zero attached hydrogens (tertiary/aromatic N) is 1. The number of H-pyrrole nitrogens is 1. The van der Waals surface area contributed by atoms with Crippen LogP contribution in [0.1, 0.15) is 10.4 Å². The number of fused-ring (bicyclic) bond motifs is 1. The molecule has 0 saturated carbocycles. The van der Waals surface area contributed by atoms with E-state index in [1.165, 1.54) is 13.2 Å². The third-order valence-corrected chi connectivity index (χ3v) is 2.05. The maximum absolute atomic E-state index is 13.5. The van der Waals surface area contributed by atoms with Gasteiger partial charge in [-0.2, -0.15) is 0 Å². The minimum absolute atomic E-state index is 0.00672. The highest BCUT2D eigenvalue weighted by molar-refractivity contribution is 5.93. The molecular weight excluding hydrogens is 215 g/mol. The van der Waals surface area contributed by atoms with Crippen molar-refractivity contribution in [3.8, 4) is 0 Å². The van der Waals surface area contributed by atoms with Crippen molar-refractivity contribution >= 4 is 17.0 Å². The van der Waals surface area contributed by atoms with Gasteiger partial charge in [0.1, 0.15) is 5.52 Å². The molecule has 2 aromatic rings. The minimum atomic E-state index is -0.686. The van der Waals surface area contributed by atoms with E-state index in [9.17, 15) is 14.0 Å². The summed E-state index contributed by atoms with van der Waals surface area (Å²) in [7, 11) is 1.19. The number of halogens is 1. The number of aromatic nitrogens is 2. The van der Waals surface area contributed by atoms with Crippen molar-refractivity contribution in [2.45, 2.75) is 0 Å². The van der Waals surface area contributed by atoms with Crippen LogP contribution in [0.3, 0.4) is 0 Å². The number of methoxy groups -OCH3 is 1. The van der Waals surface area contributed by atoms with Crippen molar-refractivity contribution in [2.75, 3.05) is 7.11 Å². The topological polar surface area (TPSA) is 72.0 Å². The monoisotopic (exact) mass is 222 g/mol. The molecule has 0 aliphatic rings. The maximum Gasteiger partial charge on any atom is 0.338 e. The van der Waals surface area contributed by atoms with Crippen LogP contribution >= 0.6 is 0 Å². The van der Waals surface area contributed by atoms with E-state index in [0.29, 0.717) is 0 Å². The van der Waals surface area contributed by atoms with E-state index < -0.39 is 17.3 Å². The summed E-state index contributed by atoms with van der Waals surface area (Å²) in [6.45, 7) is 0. The van der Waals surface area contributed by atoms with Crippen LogP contribution in [0.4, 0.5) is 4.39 Å². The summed E-state index contributed by atoms with van der Waals surface area (Å²) < 4.78 is 17.9. The molecule has 0 radical (unpaired) electrons. The van der Waals surface area contributed by atoms with Crippen LogP contribution < -0.4 is 5.56 Å². The van der Waals surface area contributed by atoms with Crippen molar-refractivity contribution in [1.82, 2.24) is 9.97 Å². The van der Waals surface area contributed by atoms with E-state index in [2.05, 4.69) is 14.7 Å². The lowest BCUT2D eigenvalue weighted by atomic mass is 10.2. The summed E-state index contributed by atoms with van der Waals surface area (Å²) in [6, 6.07) is 2.33. The number of hydrogen-bond acceptors (Lipinski definition) is 4. The normalized spacial score (nSPS) is 10.4. The molecule has 0 aliphatic carbocycles. The number of benzene rings is 1. The van der Waals surface area contributed by atoms with Gasteiger partial charge < -0.3 is 9.72 Å². The quantitative estimate of drug-likeness (QED) is 0.726. The predicted molar refractivity (Wildman–Crippen MR) is 53.7 cm³/mol. The molecule has 0 fully saturated rings. The first-order valence-electron chi connectivity index (χ1n) is 4.38. The molecule has 0 unspecified atom stereocenters. The molecule has 2 rings (SSSR count). The summed E-state index contributed by atoms with van der Waals surface area (Å²) in [4.78, 5) is 28.2. The van der Waals surface area contributed by atoms with Crippen molar-refractivity contribution in [2.24, 2.45) is 0 Å². The third-order valence-electron chi connectivity index (χ3n) is 2.05. The van der Waals surface area contributed by atoms with Gasteiger partial charge in [-0.15, -0.1) is 0 Å². The molecule has 82 valence electrons. The molecule has 6 heteroatoms. The Morgan fingerprint density at radius 1 is 1.50 bits per heavy atom. The first kappa shape index (κ1) is 10.3. The van der Waals surface area contributed by atoms with Crippen LogP contribution in [-0.2, 0) is 4.74 Å². The Morgan fingerprint density at radius 2 is 2.25 bits per heavy atom. The van der Waals surface area contributed by atoms with E-state index in [0.717, 1.165) is 12.3 Å². The molecule has 1 N–H and O–H groups in total. The Morgan fingerprint density at radius 3 is 2.94 bits per heavy atom. The minimum Gasteiger partial charge on any atom is -0.465 e. The van der Waals surface area contributed by atoms with Crippen LogP contribution in [-0.4, -0.2) is 23.0 Å². The van der Waals surface area contributed by atoms with E-state index in [1.54, 1.807) is 0 Å². The molecule has 0 bridgehead atoms. The Balaban J connectivity index is 2.74. The van der Waals surface area contributed by atoms with E-state index in [-0.39, 0.29) is 16.6 Å². The van der Waals surface area contributed by atoms with Gasteiger partial charge in [0.25, 0.3) is 5.56 Å². The number of hydrogen-bond donors (Lipinski definition) is 1. The number of esters is 1. The Bertz CT molecular complexity index is 621. The van der Waals surface area contributed by atoms with Gasteiger partial charge in [-0.1, -0.05) is 0 Å². The molecule has 16 heavy (non-hydrogen) atoms. The highest BCUT2D eigenvalue weighted by Crippen LogP contribution is 2.15. The second kappa shape index (κ2) is 3.73. The lowest BCUT2D eigenvalue weighted by molar-refractivity contribution is 0.0600. The van der Waals surface area contributed by atoms with Gasteiger partial charge in [0.15, 0.2) is 5.82 Å². The average Bonchev–Trinajstić information content (AvgIpc) is 2.27. The molecule has 0 amide bonds. The first-order valence-corrected chi connectivity index (χ1v) is 4.38. The van der Waals surface area contributed by atoms with Gasteiger partial charge in [0.2, 0.25) is 0 Å². The molecule has 1 aromatic heterocycles. The number of aromatic amines is 1. The van der Waals surface area contributed by atoms with Crippen molar-refractivity contribution in [1.29, 1.82) is 0 Å². The maximum atomic E-state index is 13.5. The summed E-state index contributed by atoms with van der Waals surface area (Å²) in [6.07, 6.45) is 0.975. The van der Waals surface area contributed by atoms with Crippen molar-refractivity contribution < 1.29 is 13.9 Å². The van der Waals surface area contributed by atoms with Crippen LogP contribution in [0.5, 0.6) is 0 Å². The highest BCUT2D eigenvalue weighted by Gasteiger charge is 2.11. The number of nitrogens with one attached hydrogen (secondary N) is 1. The van der Waals surface area contributed by atoms with Gasteiger partial charge in [0.05, 0.1) is 24.4 Å². The lowest BCUT2D eigenvalue weighted by Gasteiger charge is -2.02. The SMILES string of the molecule is COC(=O)c1cc(F)c2ncc(=O)[nH]c2c1. The molecule has 0 aliphatic heterocycles. The number of ether oxygens (including phenoxy) is 1. The van der Waals surface area contributed by atoms with Gasteiger partial charge in [-0.25, -0.2) is 14.2 Å². The van der Waals surface area contributed by atoms with Crippen LogP contribution in [0.25, 0.3) is 11.0 Å². The number of carbonyl (C=O) groups is 1. The number of rotatable bonds is 1. The summed E-state index contributed by atoms with van der Waals surface area (Å²) in [5, 5.41) is 0. The second-order valence-corrected chi connectivity index (χ2v) is 3.09. The zero-order valence-corrected chi connectivity index (χ0v) is 8.28. The zero-order valence-electron chi connectivity index (χ0n) is 8.28. The summed E-state index contributed by atoms with van der Waals surface area (Å²) >= 11 is 0. The Labute approximate surface area is 88.9 Å². The fourth-order valence-electron chi connectivity index (χ4n) is 1.35. The standard InChI is InChI=1S/C10H7FN2O3/c1-16-10(15)5-2-6(11)9-7(3-5)13-8(14)4-12-9/h2-4H,1H3,(H,13,14). The first-order chi connectivity index (χ1) is 7.61. The third kappa shape index (κ3) is 1.65. The van der Waals surface area contributed by atoms with Gasteiger partial charge in [-0.05, 0) is 12.1 Å². The second-order valence-electron chi connectivity index (χ2n) is 3.09. The Hall–Kier alpha value is -2.24. The molecule has 0 spiro atoms. The van der Waals surface area contributed by atoms with Crippen molar-refractivity contribution in [3.63, 3.8) is 0 Å². The smallest absolute Gasteiger partial charge is 0.338 e. The lowest BCUT2D eigenvalue weighted by Crippen LogP contribution is -2.08. The fraction of sp³-hybridized carbons (Fsp3) is 0.100. The number of carbonyl (C=O) groups excluding carboxylic acids is 1. The summed E-state index contributed by atoms with van der Waals surface area (Å²) in [5.74, 6) is -1.36. The van der Waals surface area contributed by atoms with E-state index >= 15 is 0 Å². The fourth-order valence-corrected chi connectivity index (χ4v) is 1.35. The molecular formula is C10H7FN2O3. The highest BCUT2D eigenvalue weighted by atomic mass is 19.1. The zero-order chi connectivity index (χ0) is 11.7. The molecule has 0 atom stereocenters. The molecule has 1 heterocycles. The molecule has 0 saturated heterocycles. The molecule has 5 nitrogen and oxygen atoms in total. The van der Waals surface area contributed by atoms with Gasteiger partial charge in [0, 0.05) is 0 Å². The van der Waals surface area contributed by atoms with E-state index in [4.69, 9.17) is 0 Å². The van der Waals surface area contributed by atoms with Gasteiger partial charge in [-0.3, -0.25) is 4.79 Å². The average molecular weight is 222 g/mol.